The van der Waals surface area contributed by atoms with Crippen LogP contribution in [-0.2, 0) is 0 Å². The maximum atomic E-state index is 11.5. The first-order chi connectivity index (χ1) is 12.8. The number of allylic oxidation sites excluding steroid dienone is 1. The van der Waals surface area contributed by atoms with Crippen molar-refractivity contribution < 1.29 is 10.2 Å². The summed E-state index contributed by atoms with van der Waals surface area (Å²) in [4.78, 5) is 3.92. The predicted molar refractivity (Wildman–Crippen MR) is 110 cm³/mol. The van der Waals surface area contributed by atoms with Gasteiger partial charge in [-0.05, 0) is 82.0 Å². The first-order valence-electron chi connectivity index (χ1n) is 10.9. The fourth-order valence-corrected chi connectivity index (χ4v) is 6.13. The highest BCUT2D eigenvalue weighted by Crippen LogP contribution is 2.55. The fraction of sp³-hybridized carbons (Fsp3) is 0.864. The Labute approximate surface area is 164 Å². The van der Waals surface area contributed by atoms with Crippen molar-refractivity contribution in [3.05, 3.63) is 12.2 Å². The zero-order chi connectivity index (χ0) is 19.7. The number of nitrogens with one attached hydrogen (secondary N) is 1. The summed E-state index contributed by atoms with van der Waals surface area (Å²) in [5.41, 5.74) is 5.69. The molecule has 3 aliphatic carbocycles. The number of nitrogens with zero attached hydrogens (tertiary/aromatic N) is 1. The Kier molecular flexibility index (Phi) is 6.21. The van der Waals surface area contributed by atoms with Crippen LogP contribution in [0, 0.1) is 23.7 Å². The van der Waals surface area contributed by atoms with Gasteiger partial charge in [-0.15, -0.1) is 0 Å². The topological polar surface area (TPSA) is 90.9 Å². The molecule has 27 heavy (non-hydrogen) atoms. The highest BCUT2D eigenvalue weighted by molar-refractivity contribution is 5.77. The highest BCUT2D eigenvalue weighted by atomic mass is 16.3. The third-order valence-corrected chi connectivity index (χ3v) is 7.91. The smallest absolute Gasteiger partial charge is 0.188 e. The molecule has 5 atom stereocenters. The Morgan fingerprint density at radius 1 is 1.11 bits per heavy atom. The van der Waals surface area contributed by atoms with Gasteiger partial charge in [-0.25, -0.2) is 0 Å². The molecule has 3 saturated carbocycles. The van der Waals surface area contributed by atoms with Crippen LogP contribution in [0.2, 0.25) is 0 Å². The van der Waals surface area contributed by atoms with Gasteiger partial charge >= 0.3 is 0 Å². The molecule has 0 aromatic rings. The lowest BCUT2D eigenvalue weighted by Crippen LogP contribution is -2.44. The fourth-order valence-electron chi connectivity index (χ4n) is 6.13. The summed E-state index contributed by atoms with van der Waals surface area (Å²) in [6.07, 6.45) is 10.2. The zero-order valence-corrected chi connectivity index (χ0v) is 17.2. The minimum Gasteiger partial charge on any atom is -0.390 e. The first kappa shape index (κ1) is 20.7. The molecule has 0 aromatic carbocycles. The molecule has 0 aliphatic heterocycles. The van der Waals surface area contributed by atoms with Gasteiger partial charge in [-0.1, -0.05) is 25.0 Å². The average Bonchev–Trinajstić information content (AvgIpc) is 3.24. The third-order valence-electron chi connectivity index (χ3n) is 7.91. The van der Waals surface area contributed by atoms with E-state index in [1.807, 2.05) is 6.92 Å². The average molecular weight is 378 g/mol. The van der Waals surface area contributed by atoms with Crippen LogP contribution in [0.4, 0.5) is 0 Å². The zero-order valence-electron chi connectivity index (χ0n) is 17.2. The number of hydrogen-bond acceptors (Lipinski definition) is 3. The molecular weight excluding hydrogens is 338 g/mol. The van der Waals surface area contributed by atoms with Gasteiger partial charge < -0.3 is 21.3 Å². The number of fused-ring (bicyclic) bond motifs is 1. The molecule has 5 N–H and O–H groups in total. The molecule has 0 radical (unpaired) electrons. The maximum absolute atomic E-state index is 11.5. The number of aliphatic hydroxyl groups is 2. The predicted octanol–water partition coefficient (Wildman–Crippen LogP) is 2.97. The van der Waals surface area contributed by atoms with Crippen molar-refractivity contribution in [3.63, 3.8) is 0 Å². The number of guanidine groups is 1. The van der Waals surface area contributed by atoms with E-state index in [0.717, 1.165) is 32.1 Å². The molecule has 154 valence electrons. The first-order valence-corrected chi connectivity index (χ1v) is 10.9. The van der Waals surface area contributed by atoms with E-state index in [2.05, 4.69) is 16.9 Å². The van der Waals surface area contributed by atoms with Crippen molar-refractivity contribution in [2.45, 2.75) is 82.3 Å². The number of hydrogen-bond donors (Lipinski definition) is 4. The van der Waals surface area contributed by atoms with Crippen LogP contribution in [-0.4, -0.2) is 41.0 Å². The molecule has 5 unspecified atom stereocenters. The Morgan fingerprint density at radius 2 is 1.81 bits per heavy atom. The van der Waals surface area contributed by atoms with E-state index < -0.39 is 11.2 Å². The molecule has 5 heteroatoms. The number of rotatable bonds is 5. The molecule has 0 aromatic heterocycles. The lowest BCUT2D eigenvalue weighted by molar-refractivity contribution is -0.0642. The van der Waals surface area contributed by atoms with Crippen molar-refractivity contribution in [3.8, 4) is 0 Å². The Morgan fingerprint density at radius 3 is 2.48 bits per heavy atom. The summed E-state index contributed by atoms with van der Waals surface area (Å²) < 4.78 is 0. The normalized spacial score (nSPS) is 40.6. The van der Waals surface area contributed by atoms with Crippen LogP contribution in [0.15, 0.2) is 17.1 Å². The molecule has 0 saturated heterocycles. The molecule has 3 fully saturated rings. The summed E-state index contributed by atoms with van der Waals surface area (Å²) in [5.74, 6) is 1.77. The molecule has 5 nitrogen and oxygen atoms in total. The van der Waals surface area contributed by atoms with Crippen molar-refractivity contribution in [1.82, 2.24) is 5.32 Å². The third kappa shape index (κ3) is 4.34. The van der Waals surface area contributed by atoms with Crippen LogP contribution in [0.5, 0.6) is 0 Å². The van der Waals surface area contributed by atoms with Gasteiger partial charge in [0.2, 0.25) is 0 Å². The van der Waals surface area contributed by atoms with E-state index in [4.69, 9.17) is 5.73 Å². The second kappa shape index (κ2) is 8.12. The minimum atomic E-state index is -0.742. The van der Waals surface area contributed by atoms with Crippen LogP contribution >= 0.6 is 0 Å². The summed E-state index contributed by atoms with van der Waals surface area (Å²) >= 11 is 0. The van der Waals surface area contributed by atoms with Gasteiger partial charge in [0.05, 0.1) is 11.2 Å². The van der Waals surface area contributed by atoms with Crippen LogP contribution in [0.25, 0.3) is 0 Å². The van der Waals surface area contributed by atoms with E-state index >= 15 is 0 Å². The Hall–Kier alpha value is -1.07. The summed E-state index contributed by atoms with van der Waals surface area (Å²) in [6.45, 7) is 7.09. The van der Waals surface area contributed by atoms with Crippen molar-refractivity contribution >= 4 is 5.96 Å². The standard InChI is InChI=1S/C22H39N3O2/c1-15(16-6-4-5-7-16)17-8-10-21(2,26)18-9-11-22(27,19(18)14-17)12-13-25-20(23)24-3/h16-19,26-27H,1,4-14H2,2-3H3,(H3,23,24,25). The maximum Gasteiger partial charge on any atom is 0.188 e. The second-order valence-corrected chi connectivity index (χ2v) is 9.53. The number of nitrogens with two attached hydrogens (primary N) is 1. The lowest BCUT2D eigenvalue weighted by Gasteiger charge is -2.38. The molecule has 0 spiro atoms. The quantitative estimate of drug-likeness (QED) is 0.337. The molecule has 0 amide bonds. The SMILES string of the molecule is C=C(C1CCCC1)C1CCC(C)(O)C2CCC(O)(CCNC(N)=NC)C2C1. The molecule has 0 bridgehead atoms. The van der Waals surface area contributed by atoms with E-state index in [1.165, 1.54) is 31.3 Å². The Balaban J connectivity index is 1.74. The molecule has 3 rings (SSSR count). The van der Waals surface area contributed by atoms with E-state index in [9.17, 15) is 10.2 Å². The monoisotopic (exact) mass is 377 g/mol. The molecular formula is C22H39N3O2. The highest BCUT2D eigenvalue weighted by Gasteiger charge is 2.54. The Bertz CT molecular complexity index is 568. The van der Waals surface area contributed by atoms with Gasteiger partial charge in [0.15, 0.2) is 5.96 Å². The van der Waals surface area contributed by atoms with Gasteiger partial charge in [0.1, 0.15) is 0 Å². The van der Waals surface area contributed by atoms with Crippen LogP contribution in [0.1, 0.15) is 71.1 Å². The second-order valence-electron chi connectivity index (χ2n) is 9.53. The van der Waals surface area contributed by atoms with Gasteiger partial charge in [-0.3, -0.25) is 4.99 Å². The summed E-state index contributed by atoms with van der Waals surface area (Å²) in [5, 5.41) is 25.8. The lowest BCUT2D eigenvalue weighted by atomic mass is 9.73. The van der Waals surface area contributed by atoms with Crippen LogP contribution in [0.3, 0.4) is 0 Å². The van der Waals surface area contributed by atoms with Crippen LogP contribution < -0.4 is 11.1 Å². The van der Waals surface area contributed by atoms with Crippen molar-refractivity contribution in [2.75, 3.05) is 13.6 Å². The van der Waals surface area contributed by atoms with E-state index in [-0.39, 0.29) is 11.8 Å². The van der Waals surface area contributed by atoms with E-state index in [0.29, 0.717) is 30.8 Å². The summed E-state index contributed by atoms with van der Waals surface area (Å²) in [6, 6.07) is 0. The van der Waals surface area contributed by atoms with Gasteiger partial charge in [0, 0.05) is 13.6 Å². The van der Waals surface area contributed by atoms with E-state index in [1.54, 1.807) is 7.05 Å². The molecule has 3 aliphatic rings. The van der Waals surface area contributed by atoms with Gasteiger partial charge in [0.25, 0.3) is 0 Å². The summed E-state index contributed by atoms with van der Waals surface area (Å²) in [7, 11) is 1.66. The number of aliphatic imine (C=N–C) groups is 1. The van der Waals surface area contributed by atoms with Crippen molar-refractivity contribution in [2.24, 2.45) is 34.4 Å². The largest absolute Gasteiger partial charge is 0.390 e. The van der Waals surface area contributed by atoms with Crippen molar-refractivity contribution in [1.29, 1.82) is 0 Å². The molecule has 0 heterocycles. The minimum absolute atomic E-state index is 0.125. The van der Waals surface area contributed by atoms with Gasteiger partial charge in [-0.2, -0.15) is 0 Å².